The topological polar surface area (TPSA) is 79.1 Å². The molecule has 7 heteroatoms. The van der Waals surface area contributed by atoms with E-state index in [0.717, 1.165) is 13.1 Å². The SMILES string of the molecule is CC1(C)Oc2ccc([N+](=O)[O-])cc2CC1(O)N1CCN(c2ccccc2)CC1. The number of ether oxygens (including phenoxy) is 1. The first-order valence-corrected chi connectivity index (χ1v) is 9.54. The van der Waals surface area contributed by atoms with Crippen molar-refractivity contribution in [3.63, 3.8) is 0 Å². The number of piperazine rings is 1. The van der Waals surface area contributed by atoms with Crippen molar-refractivity contribution in [3.05, 3.63) is 64.2 Å². The summed E-state index contributed by atoms with van der Waals surface area (Å²) >= 11 is 0. The van der Waals surface area contributed by atoms with Crippen LogP contribution in [-0.2, 0) is 6.42 Å². The largest absolute Gasteiger partial charge is 0.483 e. The highest BCUT2D eigenvalue weighted by Crippen LogP contribution is 2.43. The minimum atomic E-state index is -1.24. The maximum atomic E-state index is 11.7. The van der Waals surface area contributed by atoms with E-state index in [2.05, 4.69) is 17.0 Å². The zero-order valence-corrected chi connectivity index (χ0v) is 16.2. The highest BCUT2D eigenvalue weighted by atomic mass is 16.6. The van der Waals surface area contributed by atoms with Gasteiger partial charge in [-0.15, -0.1) is 0 Å². The van der Waals surface area contributed by atoms with Gasteiger partial charge in [-0.3, -0.25) is 15.0 Å². The number of fused-ring (bicyclic) bond motifs is 1. The van der Waals surface area contributed by atoms with Crippen LogP contribution in [-0.4, -0.2) is 52.4 Å². The number of nitrogens with zero attached hydrogens (tertiary/aromatic N) is 3. The van der Waals surface area contributed by atoms with E-state index in [1.165, 1.54) is 17.8 Å². The van der Waals surface area contributed by atoms with E-state index in [1.807, 2.05) is 36.9 Å². The Kier molecular flexibility index (Phi) is 4.51. The number of non-ortho nitro benzene ring substituents is 1. The van der Waals surface area contributed by atoms with Gasteiger partial charge in [0, 0.05) is 56.0 Å². The second-order valence-corrected chi connectivity index (χ2v) is 7.96. The lowest BCUT2D eigenvalue weighted by Gasteiger charge is -2.54. The van der Waals surface area contributed by atoms with E-state index < -0.39 is 16.2 Å². The van der Waals surface area contributed by atoms with Crippen LogP contribution in [0.2, 0.25) is 0 Å². The molecule has 0 spiro atoms. The minimum absolute atomic E-state index is 0.0123. The van der Waals surface area contributed by atoms with E-state index in [1.54, 1.807) is 6.07 Å². The molecule has 1 fully saturated rings. The molecule has 0 amide bonds. The first-order chi connectivity index (χ1) is 13.3. The maximum absolute atomic E-state index is 11.7. The van der Waals surface area contributed by atoms with Crippen LogP contribution in [0.3, 0.4) is 0 Å². The smallest absolute Gasteiger partial charge is 0.269 e. The molecule has 2 aliphatic rings. The Morgan fingerprint density at radius 1 is 1.07 bits per heavy atom. The Balaban J connectivity index is 1.56. The third-order valence-electron chi connectivity index (χ3n) is 5.95. The zero-order valence-electron chi connectivity index (χ0n) is 16.2. The van der Waals surface area contributed by atoms with Gasteiger partial charge in [0.2, 0.25) is 0 Å². The van der Waals surface area contributed by atoms with Gasteiger partial charge in [-0.25, -0.2) is 0 Å². The summed E-state index contributed by atoms with van der Waals surface area (Å²) in [5.74, 6) is 0.600. The number of rotatable bonds is 3. The molecule has 7 nitrogen and oxygen atoms in total. The summed E-state index contributed by atoms with van der Waals surface area (Å²) in [5, 5.41) is 22.8. The predicted octanol–water partition coefficient (Wildman–Crippen LogP) is 2.82. The molecule has 2 aromatic rings. The monoisotopic (exact) mass is 383 g/mol. The second-order valence-electron chi connectivity index (χ2n) is 7.96. The lowest BCUT2D eigenvalue weighted by Crippen LogP contribution is -2.70. The van der Waals surface area contributed by atoms with E-state index in [0.29, 0.717) is 30.8 Å². The van der Waals surface area contributed by atoms with Crippen molar-refractivity contribution >= 4 is 11.4 Å². The van der Waals surface area contributed by atoms with Gasteiger partial charge in [0.25, 0.3) is 5.69 Å². The van der Waals surface area contributed by atoms with Crippen molar-refractivity contribution in [1.82, 2.24) is 4.90 Å². The quantitative estimate of drug-likeness (QED) is 0.649. The van der Waals surface area contributed by atoms with E-state index in [9.17, 15) is 15.2 Å². The van der Waals surface area contributed by atoms with Crippen LogP contribution < -0.4 is 9.64 Å². The number of aliphatic hydroxyl groups is 1. The number of nitro benzene ring substituents is 1. The molecular formula is C21H25N3O4. The molecule has 0 radical (unpaired) electrons. The average molecular weight is 383 g/mol. The third-order valence-corrected chi connectivity index (χ3v) is 5.95. The lowest BCUT2D eigenvalue weighted by atomic mass is 9.83. The number of anilines is 1. The maximum Gasteiger partial charge on any atom is 0.269 e. The molecule has 0 bridgehead atoms. The normalized spacial score (nSPS) is 24.3. The molecule has 2 aliphatic heterocycles. The molecule has 1 N–H and O–H groups in total. The zero-order chi connectivity index (χ0) is 19.9. The van der Waals surface area contributed by atoms with E-state index >= 15 is 0 Å². The standard InChI is InChI=1S/C21H25N3O4/c1-20(2)21(25,15-16-14-18(24(26)27)8-9-19(16)28-20)23-12-10-22(11-13-23)17-6-4-3-5-7-17/h3-9,14,25H,10-13,15H2,1-2H3. The van der Waals surface area contributed by atoms with Crippen molar-refractivity contribution in [3.8, 4) is 5.75 Å². The lowest BCUT2D eigenvalue weighted by molar-refractivity contribution is -0.385. The number of benzene rings is 2. The van der Waals surface area contributed by atoms with Crippen molar-refractivity contribution in [2.45, 2.75) is 31.6 Å². The molecule has 4 rings (SSSR count). The van der Waals surface area contributed by atoms with Gasteiger partial charge in [0.15, 0.2) is 5.72 Å². The third kappa shape index (κ3) is 3.10. The fraction of sp³-hybridized carbons (Fsp3) is 0.429. The van der Waals surface area contributed by atoms with Gasteiger partial charge in [-0.05, 0) is 32.0 Å². The van der Waals surface area contributed by atoms with Crippen LogP contribution in [0, 0.1) is 10.1 Å². The molecule has 0 saturated carbocycles. The fourth-order valence-electron chi connectivity index (χ4n) is 4.22. The average Bonchev–Trinajstić information content (AvgIpc) is 2.69. The molecule has 2 heterocycles. The molecule has 1 atom stereocenters. The first kappa shape index (κ1) is 18.7. The van der Waals surface area contributed by atoms with Gasteiger partial charge in [0.05, 0.1) is 4.92 Å². The van der Waals surface area contributed by atoms with Gasteiger partial charge in [-0.1, -0.05) is 18.2 Å². The minimum Gasteiger partial charge on any atom is -0.483 e. The molecule has 2 aromatic carbocycles. The van der Waals surface area contributed by atoms with Gasteiger partial charge < -0.3 is 14.7 Å². The summed E-state index contributed by atoms with van der Waals surface area (Å²) < 4.78 is 6.11. The van der Waals surface area contributed by atoms with Crippen molar-refractivity contribution in [2.24, 2.45) is 0 Å². The molecule has 28 heavy (non-hydrogen) atoms. The Hall–Kier alpha value is -2.64. The highest BCUT2D eigenvalue weighted by Gasteiger charge is 2.53. The van der Waals surface area contributed by atoms with Crippen molar-refractivity contribution < 1.29 is 14.8 Å². The summed E-state index contributed by atoms with van der Waals surface area (Å²) in [6.07, 6.45) is 0.294. The van der Waals surface area contributed by atoms with Gasteiger partial charge in [0.1, 0.15) is 11.4 Å². The molecule has 0 aliphatic carbocycles. The number of hydrogen-bond acceptors (Lipinski definition) is 6. The Morgan fingerprint density at radius 3 is 2.39 bits per heavy atom. The van der Waals surface area contributed by atoms with Crippen molar-refractivity contribution in [2.75, 3.05) is 31.1 Å². The highest BCUT2D eigenvalue weighted by molar-refractivity contribution is 5.48. The fourth-order valence-corrected chi connectivity index (χ4v) is 4.22. The van der Waals surface area contributed by atoms with E-state index in [-0.39, 0.29) is 5.69 Å². The van der Waals surface area contributed by atoms with Crippen LogP contribution in [0.4, 0.5) is 11.4 Å². The summed E-state index contributed by atoms with van der Waals surface area (Å²) in [6, 6.07) is 14.8. The van der Waals surface area contributed by atoms with E-state index in [4.69, 9.17) is 4.74 Å². The van der Waals surface area contributed by atoms with Crippen LogP contribution in [0.15, 0.2) is 48.5 Å². The van der Waals surface area contributed by atoms with Gasteiger partial charge >= 0.3 is 0 Å². The van der Waals surface area contributed by atoms with Gasteiger partial charge in [-0.2, -0.15) is 0 Å². The Morgan fingerprint density at radius 2 is 1.75 bits per heavy atom. The molecule has 148 valence electrons. The predicted molar refractivity (Wildman–Crippen MR) is 107 cm³/mol. The number of para-hydroxylation sites is 1. The number of hydrogen-bond donors (Lipinski definition) is 1. The Bertz CT molecular complexity index is 878. The molecule has 0 aromatic heterocycles. The summed E-state index contributed by atoms with van der Waals surface area (Å²) in [5.41, 5.74) is -0.225. The van der Waals surface area contributed by atoms with Crippen LogP contribution in [0.25, 0.3) is 0 Å². The summed E-state index contributed by atoms with van der Waals surface area (Å²) in [7, 11) is 0. The van der Waals surface area contributed by atoms with Crippen LogP contribution >= 0.6 is 0 Å². The summed E-state index contributed by atoms with van der Waals surface area (Å²) in [4.78, 5) is 15.1. The molecular weight excluding hydrogens is 358 g/mol. The second kappa shape index (κ2) is 6.76. The van der Waals surface area contributed by atoms with Crippen LogP contribution in [0.1, 0.15) is 19.4 Å². The number of nitro groups is 1. The Labute approximate surface area is 164 Å². The first-order valence-electron chi connectivity index (χ1n) is 9.54. The molecule has 1 unspecified atom stereocenters. The summed E-state index contributed by atoms with van der Waals surface area (Å²) in [6.45, 7) is 6.71. The van der Waals surface area contributed by atoms with Crippen LogP contribution in [0.5, 0.6) is 5.75 Å². The molecule has 1 saturated heterocycles. The van der Waals surface area contributed by atoms with Crippen molar-refractivity contribution in [1.29, 1.82) is 0 Å².